The molecule has 0 fully saturated rings. The molecule has 0 saturated heterocycles. The minimum Gasteiger partial charge on any atom is -0.368 e. The molecule has 32 heavy (non-hydrogen) atoms. The molecule has 2 aromatic carbocycles. The van der Waals surface area contributed by atoms with Gasteiger partial charge in [-0.2, -0.15) is 10.2 Å². The van der Waals surface area contributed by atoms with Gasteiger partial charge in [0.05, 0.1) is 33.9 Å². The summed E-state index contributed by atoms with van der Waals surface area (Å²) in [5.41, 5.74) is 5.17. The molecule has 0 saturated carbocycles. The molecule has 160 valence electrons. The van der Waals surface area contributed by atoms with Crippen molar-refractivity contribution in [2.75, 3.05) is 11.1 Å². The molecule has 1 atom stereocenters. The van der Waals surface area contributed by atoms with Crippen LogP contribution in [0.4, 0.5) is 20.5 Å². The Bertz CT molecular complexity index is 1470. The highest BCUT2D eigenvalue weighted by Gasteiger charge is 2.22. The first-order chi connectivity index (χ1) is 15.3. The van der Waals surface area contributed by atoms with E-state index in [1.54, 1.807) is 19.1 Å². The van der Waals surface area contributed by atoms with Crippen molar-refractivity contribution in [2.24, 2.45) is 0 Å². The number of nitriles is 1. The quantitative estimate of drug-likeness (QED) is 0.482. The van der Waals surface area contributed by atoms with Gasteiger partial charge in [0.2, 0.25) is 5.95 Å². The number of hydrogen-bond acceptors (Lipinski definition) is 7. The Morgan fingerprint density at radius 3 is 2.75 bits per heavy atom. The van der Waals surface area contributed by atoms with E-state index in [2.05, 4.69) is 20.3 Å². The largest absolute Gasteiger partial charge is 0.368 e. The third kappa shape index (κ3) is 3.70. The van der Waals surface area contributed by atoms with Crippen LogP contribution in [0, 0.1) is 23.0 Å². The maximum Gasteiger partial charge on any atom is 0.267 e. The number of hydrogen-bond donors (Lipinski definition) is 2. The lowest BCUT2D eigenvalue weighted by Gasteiger charge is -2.21. The summed E-state index contributed by atoms with van der Waals surface area (Å²) >= 11 is 6.22. The van der Waals surface area contributed by atoms with Gasteiger partial charge in [-0.05, 0) is 31.2 Å². The highest BCUT2D eigenvalue weighted by molar-refractivity contribution is 6.35. The fraction of sp³-hybridized carbons (Fsp3) is 0.0952. The third-order valence-corrected chi connectivity index (χ3v) is 5.01. The van der Waals surface area contributed by atoms with Crippen molar-refractivity contribution < 1.29 is 8.78 Å². The number of halogens is 3. The number of nitrogen functional groups attached to an aromatic ring is 1. The van der Waals surface area contributed by atoms with Gasteiger partial charge in [0.1, 0.15) is 34.9 Å². The number of nitrogens with zero attached hydrogens (tertiary/aromatic N) is 5. The molecule has 0 aliphatic carbocycles. The van der Waals surface area contributed by atoms with E-state index in [4.69, 9.17) is 17.3 Å². The minimum atomic E-state index is -0.960. The Hall–Kier alpha value is -4.10. The zero-order valence-corrected chi connectivity index (χ0v) is 17.2. The van der Waals surface area contributed by atoms with E-state index in [9.17, 15) is 18.8 Å². The number of anilines is 2. The van der Waals surface area contributed by atoms with Crippen LogP contribution in [0.5, 0.6) is 0 Å². The van der Waals surface area contributed by atoms with E-state index in [0.29, 0.717) is 6.07 Å². The van der Waals surface area contributed by atoms with E-state index in [1.807, 2.05) is 6.07 Å². The van der Waals surface area contributed by atoms with E-state index < -0.39 is 23.2 Å². The summed E-state index contributed by atoms with van der Waals surface area (Å²) in [6.45, 7) is 1.63. The molecule has 8 nitrogen and oxygen atoms in total. The van der Waals surface area contributed by atoms with E-state index in [0.717, 1.165) is 16.7 Å². The summed E-state index contributed by atoms with van der Waals surface area (Å²) in [5.74, 6) is -1.64. The molecule has 0 amide bonds. The maximum absolute atomic E-state index is 14.7. The molecule has 0 bridgehead atoms. The van der Waals surface area contributed by atoms with Crippen molar-refractivity contribution in [1.29, 1.82) is 5.26 Å². The fourth-order valence-electron chi connectivity index (χ4n) is 3.25. The zero-order chi connectivity index (χ0) is 23.0. The van der Waals surface area contributed by atoms with Gasteiger partial charge in [-0.1, -0.05) is 17.7 Å². The van der Waals surface area contributed by atoms with Crippen molar-refractivity contribution >= 4 is 34.3 Å². The minimum absolute atomic E-state index is 0.0704. The van der Waals surface area contributed by atoms with Crippen molar-refractivity contribution in [1.82, 2.24) is 19.5 Å². The van der Waals surface area contributed by atoms with Gasteiger partial charge in [-0.15, -0.1) is 0 Å². The Labute approximate surface area is 184 Å². The summed E-state index contributed by atoms with van der Waals surface area (Å²) in [5, 5.41) is 12.5. The van der Waals surface area contributed by atoms with Gasteiger partial charge in [0, 0.05) is 6.07 Å². The molecule has 2 heterocycles. The first kappa shape index (κ1) is 21.1. The lowest BCUT2D eigenvalue weighted by molar-refractivity contribution is 0.572. The normalized spacial score (nSPS) is 11.8. The Kier molecular flexibility index (Phi) is 5.42. The lowest BCUT2D eigenvalue weighted by Crippen LogP contribution is -2.28. The van der Waals surface area contributed by atoms with E-state index >= 15 is 0 Å². The van der Waals surface area contributed by atoms with Crippen LogP contribution in [0.25, 0.3) is 16.6 Å². The van der Waals surface area contributed by atoms with Gasteiger partial charge in [-0.25, -0.2) is 18.7 Å². The number of benzene rings is 2. The van der Waals surface area contributed by atoms with Crippen molar-refractivity contribution in [3.05, 3.63) is 81.0 Å². The standard InChI is InChI=1S/C21H14ClF2N7O/c1-10(28-18-11(8-25)9-27-21(26)30-18)19-29-15-4-2-3-13(22)17(15)20(32)31(19)16-6-5-12(23)7-14(16)24/h2-7,9-10H,1H3,(H3,26,27,28,30). The van der Waals surface area contributed by atoms with Crippen molar-refractivity contribution in [3.8, 4) is 11.8 Å². The van der Waals surface area contributed by atoms with Crippen LogP contribution in [0.1, 0.15) is 24.4 Å². The second-order valence-corrected chi connectivity index (χ2v) is 7.22. The van der Waals surface area contributed by atoms with Crippen molar-refractivity contribution in [2.45, 2.75) is 13.0 Å². The molecular formula is C21H14ClF2N7O. The topological polar surface area (TPSA) is 123 Å². The molecular weight excluding hydrogens is 440 g/mol. The van der Waals surface area contributed by atoms with Crippen LogP contribution in [-0.2, 0) is 0 Å². The smallest absolute Gasteiger partial charge is 0.267 e. The zero-order valence-electron chi connectivity index (χ0n) is 16.5. The predicted molar refractivity (Wildman–Crippen MR) is 115 cm³/mol. The molecule has 4 aromatic rings. The monoisotopic (exact) mass is 453 g/mol. The fourth-order valence-corrected chi connectivity index (χ4v) is 3.50. The highest BCUT2D eigenvalue weighted by atomic mass is 35.5. The summed E-state index contributed by atoms with van der Waals surface area (Å²) in [6, 6.07) is 8.74. The summed E-state index contributed by atoms with van der Waals surface area (Å²) in [4.78, 5) is 25.7. The number of rotatable bonds is 4. The van der Waals surface area contributed by atoms with Crippen LogP contribution >= 0.6 is 11.6 Å². The molecule has 0 aliphatic rings. The summed E-state index contributed by atoms with van der Waals surface area (Å²) in [6.07, 6.45) is 1.25. The average Bonchev–Trinajstić information content (AvgIpc) is 2.74. The number of nitrogens with one attached hydrogen (secondary N) is 1. The second kappa shape index (κ2) is 8.20. The SMILES string of the molecule is CC(Nc1nc(N)ncc1C#N)c1nc2cccc(Cl)c2c(=O)n1-c1ccc(F)cc1F. The molecule has 0 aliphatic heterocycles. The molecule has 11 heteroatoms. The molecule has 4 rings (SSSR count). The summed E-state index contributed by atoms with van der Waals surface area (Å²) < 4.78 is 29.2. The average molecular weight is 454 g/mol. The Morgan fingerprint density at radius 2 is 2.03 bits per heavy atom. The predicted octanol–water partition coefficient (Wildman–Crippen LogP) is 3.73. The first-order valence-corrected chi connectivity index (χ1v) is 9.63. The lowest BCUT2D eigenvalue weighted by atomic mass is 10.2. The van der Waals surface area contributed by atoms with Crippen LogP contribution in [-0.4, -0.2) is 19.5 Å². The van der Waals surface area contributed by atoms with Crippen LogP contribution in [0.2, 0.25) is 5.02 Å². The molecule has 0 spiro atoms. The van der Waals surface area contributed by atoms with Crippen LogP contribution in [0.3, 0.4) is 0 Å². The Morgan fingerprint density at radius 1 is 1.25 bits per heavy atom. The number of aromatic nitrogens is 4. The van der Waals surface area contributed by atoms with Crippen LogP contribution < -0.4 is 16.6 Å². The van der Waals surface area contributed by atoms with Gasteiger partial charge >= 0.3 is 0 Å². The van der Waals surface area contributed by atoms with Gasteiger partial charge in [-0.3, -0.25) is 9.36 Å². The maximum atomic E-state index is 14.7. The second-order valence-electron chi connectivity index (χ2n) is 6.81. The number of fused-ring (bicyclic) bond motifs is 1. The molecule has 3 N–H and O–H groups in total. The van der Waals surface area contributed by atoms with Crippen molar-refractivity contribution in [3.63, 3.8) is 0 Å². The highest BCUT2D eigenvalue weighted by Crippen LogP contribution is 2.26. The first-order valence-electron chi connectivity index (χ1n) is 9.26. The van der Waals surface area contributed by atoms with Crippen LogP contribution in [0.15, 0.2) is 47.4 Å². The van der Waals surface area contributed by atoms with Gasteiger partial charge < -0.3 is 11.1 Å². The van der Waals surface area contributed by atoms with E-state index in [-0.39, 0.29) is 44.8 Å². The van der Waals surface area contributed by atoms with E-state index in [1.165, 1.54) is 12.3 Å². The molecule has 0 radical (unpaired) electrons. The molecule has 1 unspecified atom stereocenters. The number of nitrogens with two attached hydrogens (primary N) is 1. The van der Waals surface area contributed by atoms with Gasteiger partial charge in [0.25, 0.3) is 5.56 Å². The molecule has 2 aromatic heterocycles. The van der Waals surface area contributed by atoms with Gasteiger partial charge in [0.15, 0.2) is 0 Å². The third-order valence-electron chi connectivity index (χ3n) is 4.69. The summed E-state index contributed by atoms with van der Waals surface area (Å²) in [7, 11) is 0. The Balaban J connectivity index is 1.97.